The van der Waals surface area contributed by atoms with Crippen LogP contribution in [0.25, 0.3) is 0 Å². The molecule has 0 aliphatic rings. The van der Waals surface area contributed by atoms with Gasteiger partial charge in [-0.2, -0.15) is 0 Å². The molecule has 0 saturated heterocycles. The first-order chi connectivity index (χ1) is 9.10. The molecule has 0 aliphatic carbocycles. The standard InChI is InChI=1S/C14H23N3O2/c1-5-6-7-15-14(18)17-9-12-11(3)13(19-4)10(2)8-16-12/h8H,5-7,9H2,1-4H3,(H2,15,17,18). The number of methoxy groups -OCH3 is 1. The second-order valence-corrected chi connectivity index (χ2v) is 4.51. The van der Waals surface area contributed by atoms with Gasteiger partial charge in [0.15, 0.2) is 0 Å². The molecule has 5 heteroatoms. The van der Waals surface area contributed by atoms with Gasteiger partial charge >= 0.3 is 6.03 Å². The molecule has 1 aromatic heterocycles. The van der Waals surface area contributed by atoms with E-state index in [0.717, 1.165) is 35.4 Å². The minimum Gasteiger partial charge on any atom is -0.496 e. The molecule has 0 spiro atoms. The summed E-state index contributed by atoms with van der Waals surface area (Å²) >= 11 is 0. The minimum atomic E-state index is -0.158. The summed E-state index contributed by atoms with van der Waals surface area (Å²) in [5.41, 5.74) is 2.79. The van der Waals surface area contributed by atoms with Crippen LogP contribution in [0.5, 0.6) is 5.75 Å². The number of aryl methyl sites for hydroxylation is 1. The number of carbonyl (C=O) groups excluding carboxylic acids is 1. The molecule has 0 aromatic carbocycles. The molecule has 0 atom stereocenters. The van der Waals surface area contributed by atoms with Crippen molar-refractivity contribution in [2.24, 2.45) is 0 Å². The van der Waals surface area contributed by atoms with E-state index in [2.05, 4.69) is 22.5 Å². The maximum atomic E-state index is 11.5. The van der Waals surface area contributed by atoms with Gasteiger partial charge in [-0.05, 0) is 20.3 Å². The first-order valence-electron chi connectivity index (χ1n) is 6.60. The topological polar surface area (TPSA) is 63.2 Å². The van der Waals surface area contributed by atoms with E-state index >= 15 is 0 Å². The lowest BCUT2D eigenvalue weighted by Gasteiger charge is -2.13. The Balaban J connectivity index is 2.56. The molecule has 2 N–H and O–H groups in total. The van der Waals surface area contributed by atoms with Gasteiger partial charge in [-0.1, -0.05) is 13.3 Å². The van der Waals surface area contributed by atoms with Crippen LogP contribution in [0.2, 0.25) is 0 Å². The zero-order chi connectivity index (χ0) is 14.3. The summed E-state index contributed by atoms with van der Waals surface area (Å²) in [7, 11) is 1.64. The van der Waals surface area contributed by atoms with Crippen molar-refractivity contribution in [2.45, 2.75) is 40.2 Å². The minimum absolute atomic E-state index is 0.158. The third-order valence-electron chi connectivity index (χ3n) is 2.98. The predicted octanol–water partition coefficient (Wildman–Crippen LogP) is 2.31. The number of pyridine rings is 1. The number of aromatic nitrogens is 1. The zero-order valence-corrected chi connectivity index (χ0v) is 12.2. The van der Waals surface area contributed by atoms with Crippen molar-refractivity contribution in [1.29, 1.82) is 0 Å². The van der Waals surface area contributed by atoms with Crippen LogP contribution in [0.3, 0.4) is 0 Å². The molecule has 0 bridgehead atoms. The summed E-state index contributed by atoms with van der Waals surface area (Å²) in [6, 6.07) is -0.158. The van der Waals surface area contributed by atoms with Crippen molar-refractivity contribution in [3.05, 3.63) is 23.0 Å². The van der Waals surface area contributed by atoms with Gasteiger partial charge in [-0.15, -0.1) is 0 Å². The maximum Gasteiger partial charge on any atom is 0.315 e. The Morgan fingerprint density at radius 3 is 2.74 bits per heavy atom. The van der Waals surface area contributed by atoms with Gasteiger partial charge < -0.3 is 15.4 Å². The zero-order valence-electron chi connectivity index (χ0n) is 12.2. The summed E-state index contributed by atoms with van der Waals surface area (Å²) in [6.45, 7) is 7.09. The first kappa shape index (κ1) is 15.3. The van der Waals surface area contributed by atoms with E-state index in [4.69, 9.17) is 4.74 Å². The monoisotopic (exact) mass is 265 g/mol. The van der Waals surface area contributed by atoms with Crippen molar-refractivity contribution in [3.8, 4) is 5.75 Å². The molecule has 19 heavy (non-hydrogen) atoms. The van der Waals surface area contributed by atoms with E-state index in [9.17, 15) is 4.79 Å². The summed E-state index contributed by atoms with van der Waals surface area (Å²) in [5.74, 6) is 0.832. The number of nitrogens with one attached hydrogen (secondary N) is 2. The SMILES string of the molecule is CCCCNC(=O)NCc1ncc(C)c(OC)c1C. The van der Waals surface area contributed by atoms with Crippen LogP contribution in [0, 0.1) is 13.8 Å². The van der Waals surface area contributed by atoms with E-state index in [-0.39, 0.29) is 6.03 Å². The summed E-state index contributed by atoms with van der Waals surface area (Å²) < 4.78 is 5.33. The number of ether oxygens (including phenoxy) is 1. The van der Waals surface area contributed by atoms with Crippen LogP contribution in [0.4, 0.5) is 4.79 Å². The largest absolute Gasteiger partial charge is 0.496 e. The second kappa shape index (κ2) is 7.61. The highest BCUT2D eigenvalue weighted by atomic mass is 16.5. The molecule has 106 valence electrons. The number of nitrogens with zero attached hydrogens (tertiary/aromatic N) is 1. The fourth-order valence-corrected chi connectivity index (χ4v) is 1.85. The Bertz CT molecular complexity index is 433. The Kier molecular flexibility index (Phi) is 6.12. The highest BCUT2D eigenvalue weighted by molar-refractivity contribution is 5.73. The van der Waals surface area contributed by atoms with Gasteiger partial charge in [0.25, 0.3) is 0 Å². The van der Waals surface area contributed by atoms with E-state index in [0.29, 0.717) is 13.1 Å². The average molecular weight is 265 g/mol. The molecule has 0 saturated carbocycles. The van der Waals surface area contributed by atoms with Crippen LogP contribution in [0.15, 0.2) is 6.20 Å². The summed E-state index contributed by atoms with van der Waals surface area (Å²) in [6.07, 6.45) is 3.82. The highest BCUT2D eigenvalue weighted by Crippen LogP contribution is 2.23. The fourth-order valence-electron chi connectivity index (χ4n) is 1.85. The lowest BCUT2D eigenvalue weighted by molar-refractivity contribution is 0.240. The van der Waals surface area contributed by atoms with Crippen molar-refractivity contribution >= 4 is 6.03 Å². The van der Waals surface area contributed by atoms with Gasteiger partial charge in [0.2, 0.25) is 0 Å². The van der Waals surface area contributed by atoms with Crippen LogP contribution in [-0.4, -0.2) is 24.7 Å². The van der Waals surface area contributed by atoms with Gasteiger partial charge in [-0.25, -0.2) is 4.79 Å². The number of urea groups is 1. The smallest absolute Gasteiger partial charge is 0.315 e. The average Bonchev–Trinajstić information content (AvgIpc) is 2.39. The predicted molar refractivity (Wildman–Crippen MR) is 75.4 cm³/mol. The van der Waals surface area contributed by atoms with Crippen LogP contribution in [-0.2, 0) is 6.54 Å². The number of rotatable bonds is 6. The van der Waals surface area contributed by atoms with Crippen LogP contribution in [0.1, 0.15) is 36.6 Å². The molecule has 1 rings (SSSR count). The van der Waals surface area contributed by atoms with Gasteiger partial charge in [0.05, 0.1) is 19.3 Å². The third kappa shape index (κ3) is 4.43. The van der Waals surface area contributed by atoms with Crippen LogP contribution < -0.4 is 15.4 Å². The molecule has 0 fully saturated rings. The Labute approximate surface area is 114 Å². The lowest BCUT2D eigenvalue weighted by atomic mass is 10.1. The lowest BCUT2D eigenvalue weighted by Crippen LogP contribution is -2.35. The molecule has 0 unspecified atom stereocenters. The Morgan fingerprint density at radius 2 is 2.11 bits per heavy atom. The summed E-state index contributed by atoms with van der Waals surface area (Å²) in [4.78, 5) is 15.9. The quantitative estimate of drug-likeness (QED) is 0.776. The van der Waals surface area contributed by atoms with Crippen molar-refractivity contribution < 1.29 is 9.53 Å². The van der Waals surface area contributed by atoms with Gasteiger partial charge in [0, 0.05) is 23.9 Å². The maximum absolute atomic E-state index is 11.5. The molecular weight excluding hydrogens is 242 g/mol. The fraction of sp³-hybridized carbons (Fsp3) is 0.571. The number of hydrogen-bond acceptors (Lipinski definition) is 3. The van der Waals surface area contributed by atoms with Crippen molar-refractivity contribution in [3.63, 3.8) is 0 Å². The third-order valence-corrected chi connectivity index (χ3v) is 2.98. The number of amides is 2. The highest BCUT2D eigenvalue weighted by Gasteiger charge is 2.10. The molecule has 1 heterocycles. The number of unbranched alkanes of at least 4 members (excludes halogenated alkanes) is 1. The van der Waals surface area contributed by atoms with Crippen molar-refractivity contribution in [2.75, 3.05) is 13.7 Å². The van der Waals surface area contributed by atoms with E-state index in [1.54, 1.807) is 13.3 Å². The Morgan fingerprint density at radius 1 is 1.37 bits per heavy atom. The van der Waals surface area contributed by atoms with E-state index in [1.165, 1.54) is 0 Å². The molecule has 0 radical (unpaired) electrons. The van der Waals surface area contributed by atoms with Gasteiger partial charge in [0.1, 0.15) is 5.75 Å². The Hall–Kier alpha value is -1.78. The normalized spacial score (nSPS) is 10.1. The molecule has 0 aliphatic heterocycles. The number of carbonyl (C=O) groups is 1. The molecular formula is C14H23N3O2. The van der Waals surface area contributed by atoms with E-state index in [1.807, 2.05) is 13.8 Å². The van der Waals surface area contributed by atoms with Gasteiger partial charge in [-0.3, -0.25) is 4.98 Å². The first-order valence-corrected chi connectivity index (χ1v) is 6.60. The molecule has 5 nitrogen and oxygen atoms in total. The summed E-state index contributed by atoms with van der Waals surface area (Å²) in [5, 5.41) is 5.61. The van der Waals surface area contributed by atoms with E-state index < -0.39 is 0 Å². The molecule has 2 amide bonds. The van der Waals surface area contributed by atoms with Crippen molar-refractivity contribution in [1.82, 2.24) is 15.6 Å². The second-order valence-electron chi connectivity index (χ2n) is 4.51. The van der Waals surface area contributed by atoms with Crippen LogP contribution >= 0.6 is 0 Å². The number of hydrogen-bond donors (Lipinski definition) is 2. The molecule has 1 aromatic rings.